The van der Waals surface area contributed by atoms with E-state index in [4.69, 9.17) is 4.74 Å². The Labute approximate surface area is 184 Å². The highest BCUT2D eigenvalue weighted by Crippen LogP contribution is 2.44. The summed E-state index contributed by atoms with van der Waals surface area (Å²) in [5.74, 6) is 5.68. The number of fused-ring (bicyclic) bond motifs is 3. The van der Waals surface area contributed by atoms with Gasteiger partial charge in [0.25, 0.3) is 5.56 Å². The first-order valence-electron chi connectivity index (χ1n) is 9.88. The maximum atomic E-state index is 12.1. The van der Waals surface area contributed by atoms with E-state index in [1.165, 1.54) is 40.2 Å². The lowest BCUT2D eigenvalue weighted by molar-refractivity contribution is 0.143. The summed E-state index contributed by atoms with van der Waals surface area (Å²) in [6.07, 6.45) is 3.20. The third-order valence-corrected chi connectivity index (χ3v) is 5.65. The largest absolute Gasteiger partial charge is 0.449 e. The summed E-state index contributed by atoms with van der Waals surface area (Å²) in [5, 5.41) is 3.25. The van der Waals surface area contributed by atoms with E-state index in [-0.39, 0.29) is 18.1 Å². The van der Waals surface area contributed by atoms with E-state index in [0.29, 0.717) is 23.7 Å². The predicted molar refractivity (Wildman–Crippen MR) is 121 cm³/mol. The Hall–Kier alpha value is -3.50. The number of hydrogen-bond donors (Lipinski definition) is 2. The van der Waals surface area contributed by atoms with Gasteiger partial charge in [-0.3, -0.25) is 4.79 Å². The minimum Gasteiger partial charge on any atom is -0.449 e. The molecule has 0 radical (unpaired) electrons. The van der Waals surface area contributed by atoms with Crippen LogP contribution >= 0.6 is 11.8 Å². The minimum absolute atomic E-state index is 0.0291. The SMILES string of the molecule is CSc1ncc(C#CCCNC(=O)OCC2c3ccccc3-c3ccccc32)c(=O)[nH]1. The summed E-state index contributed by atoms with van der Waals surface area (Å²) >= 11 is 1.36. The van der Waals surface area contributed by atoms with Crippen molar-refractivity contribution in [1.82, 2.24) is 15.3 Å². The molecule has 1 aliphatic rings. The molecule has 1 aromatic heterocycles. The number of nitrogens with zero attached hydrogens (tertiary/aromatic N) is 1. The van der Waals surface area contributed by atoms with Crippen LogP contribution in [0.15, 0.2) is 64.7 Å². The van der Waals surface area contributed by atoms with Gasteiger partial charge in [0.15, 0.2) is 5.16 Å². The number of alkyl carbamates (subject to hydrolysis) is 1. The fraction of sp³-hybridized carbons (Fsp3) is 0.208. The molecule has 0 saturated carbocycles. The second-order valence-electron chi connectivity index (χ2n) is 6.94. The summed E-state index contributed by atoms with van der Waals surface area (Å²) in [4.78, 5) is 30.7. The molecule has 1 amide bonds. The number of hydrogen-bond acceptors (Lipinski definition) is 5. The average molecular weight is 432 g/mol. The predicted octanol–water partition coefficient (Wildman–Crippen LogP) is 3.77. The fourth-order valence-corrected chi connectivity index (χ4v) is 3.96. The molecule has 0 saturated heterocycles. The number of H-pyrrole nitrogens is 1. The van der Waals surface area contributed by atoms with Gasteiger partial charge >= 0.3 is 6.09 Å². The van der Waals surface area contributed by atoms with Crippen LogP contribution in [0.3, 0.4) is 0 Å². The molecule has 4 rings (SSSR count). The van der Waals surface area contributed by atoms with Gasteiger partial charge in [0.2, 0.25) is 0 Å². The van der Waals surface area contributed by atoms with Crippen molar-refractivity contribution in [2.24, 2.45) is 0 Å². The molecule has 2 N–H and O–H groups in total. The maximum Gasteiger partial charge on any atom is 0.407 e. The van der Waals surface area contributed by atoms with Gasteiger partial charge in [-0.1, -0.05) is 72.1 Å². The second-order valence-corrected chi connectivity index (χ2v) is 7.73. The molecular formula is C24H21N3O3S. The van der Waals surface area contributed by atoms with Crippen LogP contribution in [0.2, 0.25) is 0 Å². The van der Waals surface area contributed by atoms with Crippen LogP contribution < -0.4 is 10.9 Å². The number of carbonyl (C=O) groups excluding carboxylic acids is 1. The normalized spacial score (nSPS) is 11.8. The smallest absolute Gasteiger partial charge is 0.407 e. The van der Waals surface area contributed by atoms with E-state index >= 15 is 0 Å². The van der Waals surface area contributed by atoms with Crippen LogP contribution in [0.25, 0.3) is 11.1 Å². The zero-order valence-corrected chi connectivity index (χ0v) is 17.8. The molecule has 7 heteroatoms. The molecule has 0 spiro atoms. The van der Waals surface area contributed by atoms with Crippen LogP contribution in [0.1, 0.15) is 29.0 Å². The molecular weight excluding hydrogens is 410 g/mol. The third kappa shape index (κ3) is 4.65. The Bertz CT molecular complexity index is 1180. The highest BCUT2D eigenvalue weighted by molar-refractivity contribution is 7.98. The van der Waals surface area contributed by atoms with Gasteiger partial charge in [0.05, 0.1) is 6.20 Å². The van der Waals surface area contributed by atoms with Crippen LogP contribution in [-0.4, -0.2) is 35.5 Å². The molecule has 3 aromatic rings. The lowest BCUT2D eigenvalue weighted by Gasteiger charge is -2.14. The number of thioether (sulfide) groups is 1. The first-order valence-corrected chi connectivity index (χ1v) is 11.1. The van der Waals surface area contributed by atoms with Crippen LogP contribution in [0, 0.1) is 11.8 Å². The van der Waals surface area contributed by atoms with Crippen molar-refractivity contribution in [3.05, 3.63) is 81.8 Å². The zero-order chi connectivity index (χ0) is 21.6. The lowest BCUT2D eigenvalue weighted by atomic mass is 9.98. The van der Waals surface area contributed by atoms with Crippen molar-refractivity contribution < 1.29 is 9.53 Å². The molecule has 0 bridgehead atoms. The Kier molecular flexibility index (Phi) is 6.39. The molecule has 31 heavy (non-hydrogen) atoms. The van der Waals surface area contributed by atoms with E-state index in [1.807, 2.05) is 30.5 Å². The van der Waals surface area contributed by atoms with Crippen molar-refractivity contribution >= 4 is 17.9 Å². The molecule has 6 nitrogen and oxygen atoms in total. The highest BCUT2D eigenvalue weighted by atomic mass is 32.2. The molecule has 1 heterocycles. The van der Waals surface area contributed by atoms with Crippen LogP contribution in [0.4, 0.5) is 4.79 Å². The summed E-state index contributed by atoms with van der Waals surface area (Å²) in [6, 6.07) is 16.4. The molecule has 0 unspecified atom stereocenters. The lowest BCUT2D eigenvalue weighted by Crippen LogP contribution is -2.26. The quantitative estimate of drug-likeness (QED) is 0.278. The number of aromatic amines is 1. The van der Waals surface area contributed by atoms with Crippen molar-refractivity contribution in [2.45, 2.75) is 17.5 Å². The monoisotopic (exact) mass is 431 g/mol. The molecule has 1 aliphatic carbocycles. The number of nitrogens with one attached hydrogen (secondary N) is 2. The average Bonchev–Trinajstić information content (AvgIpc) is 3.12. The van der Waals surface area contributed by atoms with Gasteiger partial charge in [-0.15, -0.1) is 0 Å². The van der Waals surface area contributed by atoms with Gasteiger partial charge < -0.3 is 15.0 Å². The van der Waals surface area contributed by atoms with Crippen molar-refractivity contribution in [1.29, 1.82) is 0 Å². The number of carbonyl (C=O) groups is 1. The first kappa shape index (κ1) is 20.8. The Morgan fingerprint density at radius 2 is 1.84 bits per heavy atom. The molecule has 0 aliphatic heterocycles. The summed E-state index contributed by atoms with van der Waals surface area (Å²) in [7, 11) is 0. The van der Waals surface area contributed by atoms with E-state index < -0.39 is 6.09 Å². The minimum atomic E-state index is -0.479. The van der Waals surface area contributed by atoms with Gasteiger partial charge in [-0.25, -0.2) is 9.78 Å². The van der Waals surface area contributed by atoms with Crippen LogP contribution in [0.5, 0.6) is 0 Å². The van der Waals surface area contributed by atoms with Crippen molar-refractivity contribution in [2.75, 3.05) is 19.4 Å². The van der Waals surface area contributed by atoms with Crippen LogP contribution in [-0.2, 0) is 4.74 Å². The molecule has 0 atom stereocenters. The highest BCUT2D eigenvalue weighted by Gasteiger charge is 2.28. The number of rotatable bonds is 5. The fourth-order valence-electron chi connectivity index (χ4n) is 3.61. The second kappa shape index (κ2) is 9.54. The van der Waals surface area contributed by atoms with Gasteiger partial charge in [0, 0.05) is 18.9 Å². The van der Waals surface area contributed by atoms with Gasteiger partial charge in [-0.2, -0.15) is 0 Å². The Morgan fingerprint density at radius 1 is 1.16 bits per heavy atom. The van der Waals surface area contributed by atoms with Crippen molar-refractivity contribution in [3.63, 3.8) is 0 Å². The van der Waals surface area contributed by atoms with Gasteiger partial charge in [0.1, 0.15) is 12.2 Å². The number of amides is 1. The summed E-state index contributed by atoms with van der Waals surface area (Å²) in [6.45, 7) is 0.603. The summed E-state index contributed by atoms with van der Waals surface area (Å²) < 4.78 is 5.48. The first-order chi connectivity index (χ1) is 15.2. The standard InChI is InChI=1S/C24H21N3O3S/c1-31-23-26-14-16(22(28)27-23)8-6-7-13-25-24(29)30-15-21-19-11-4-2-9-17(19)18-10-3-5-12-20(18)21/h2-5,9-12,14,21H,7,13,15H2,1H3,(H,25,29)(H,26,27,28). The molecule has 156 valence electrons. The number of ether oxygens (including phenoxy) is 1. The van der Waals surface area contributed by atoms with E-state index in [9.17, 15) is 9.59 Å². The Balaban J connectivity index is 1.29. The summed E-state index contributed by atoms with van der Waals surface area (Å²) in [5.41, 5.74) is 4.77. The maximum absolute atomic E-state index is 12.1. The van der Waals surface area contributed by atoms with E-state index in [0.717, 1.165) is 0 Å². The van der Waals surface area contributed by atoms with Crippen molar-refractivity contribution in [3.8, 4) is 23.0 Å². The van der Waals surface area contributed by atoms with E-state index in [2.05, 4.69) is 51.4 Å². The Morgan fingerprint density at radius 3 is 2.48 bits per heavy atom. The topological polar surface area (TPSA) is 84.1 Å². The third-order valence-electron chi connectivity index (χ3n) is 5.06. The number of benzene rings is 2. The molecule has 0 fully saturated rings. The molecule has 2 aromatic carbocycles. The van der Waals surface area contributed by atoms with Gasteiger partial charge in [-0.05, 0) is 28.5 Å². The zero-order valence-electron chi connectivity index (χ0n) is 17.0. The number of aromatic nitrogens is 2. The van der Waals surface area contributed by atoms with E-state index in [1.54, 1.807) is 0 Å².